The summed E-state index contributed by atoms with van der Waals surface area (Å²) in [5.74, 6) is -0.0587. The number of nitrogen functional groups attached to an aromatic ring is 1. The van der Waals surface area contributed by atoms with Crippen LogP contribution in [-0.2, 0) is 16.4 Å². The maximum absolute atomic E-state index is 14.6. The van der Waals surface area contributed by atoms with Crippen molar-refractivity contribution in [3.8, 4) is 34.0 Å². The number of sulfone groups is 1. The Morgan fingerprint density at radius 3 is 2.51 bits per heavy atom. The van der Waals surface area contributed by atoms with Gasteiger partial charge in [0.2, 0.25) is 0 Å². The standard InChI is InChI=1S/C25H26FN5O3S/c1-4-15(2)35(32,33)18-8-6-17(7-9-18)22-14-29-25(27)24(30-22)23-12-21(31-34-23)19-10-5-16(13-28-3)11-20(19)26/h5-12,14-15,28H,4,13H2,1-3H3,(H2,27,29). The predicted molar refractivity (Wildman–Crippen MR) is 132 cm³/mol. The van der Waals surface area contributed by atoms with Crippen LogP contribution in [0.15, 0.2) is 64.1 Å². The fourth-order valence-electron chi connectivity index (χ4n) is 3.58. The molecule has 1 atom stereocenters. The van der Waals surface area contributed by atoms with E-state index in [2.05, 4.69) is 20.4 Å². The van der Waals surface area contributed by atoms with Crippen LogP contribution in [-0.4, -0.2) is 35.8 Å². The topological polar surface area (TPSA) is 124 Å². The second kappa shape index (κ2) is 9.93. The highest BCUT2D eigenvalue weighted by Crippen LogP contribution is 2.31. The molecule has 35 heavy (non-hydrogen) atoms. The smallest absolute Gasteiger partial charge is 0.189 e. The lowest BCUT2D eigenvalue weighted by Gasteiger charge is -2.11. The fourth-order valence-corrected chi connectivity index (χ4v) is 5.00. The van der Waals surface area contributed by atoms with Crippen LogP contribution in [0, 0.1) is 5.82 Å². The van der Waals surface area contributed by atoms with Crippen molar-refractivity contribution in [1.29, 1.82) is 0 Å². The van der Waals surface area contributed by atoms with Crippen molar-refractivity contribution in [2.75, 3.05) is 12.8 Å². The zero-order valence-electron chi connectivity index (χ0n) is 19.6. The van der Waals surface area contributed by atoms with Crippen LogP contribution >= 0.6 is 0 Å². The molecule has 2 aromatic heterocycles. The molecular formula is C25H26FN5O3S. The Bertz CT molecular complexity index is 1450. The van der Waals surface area contributed by atoms with E-state index in [0.717, 1.165) is 5.56 Å². The molecule has 8 nitrogen and oxygen atoms in total. The minimum atomic E-state index is -3.39. The van der Waals surface area contributed by atoms with Gasteiger partial charge in [0.25, 0.3) is 0 Å². The normalized spacial score (nSPS) is 12.6. The monoisotopic (exact) mass is 495 g/mol. The second-order valence-electron chi connectivity index (χ2n) is 8.20. The molecule has 2 heterocycles. The number of aromatic nitrogens is 3. The lowest BCUT2D eigenvalue weighted by atomic mass is 10.1. The van der Waals surface area contributed by atoms with E-state index in [1.165, 1.54) is 12.3 Å². The van der Waals surface area contributed by atoms with Crippen molar-refractivity contribution in [2.24, 2.45) is 0 Å². The van der Waals surface area contributed by atoms with E-state index in [1.54, 1.807) is 50.4 Å². The Morgan fingerprint density at radius 2 is 1.86 bits per heavy atom. The van der Waals surface area contributed by atoms with E-state index in [4.69, 9.17) is 10.3 Å². The van der Waals surface area contributed by atoms with Gasteiger partial charge in [-0.3, -0.25) is 0 Å². The van der Waals surface area contributed by atoms with Gasteiger partial charge in [-0.05, 0) is 50.2 Å². The zero-order valence-corrected chi connectivity index (χ0v) is 20.4. The minimum absolute atomic E-state index is 0.122. The molecule has 4 aromatic rings. The van der Waals surface area contributed by atoms with Gasteiger partial charge in [0.15, 0.2) is 27.1 Å². The lowest BCUT2D eigenvalue weighted by molar-refractivity contribution is 0.433. The number of nitrogens with one attached hydrogen (secondary N) is 1. The number of nitrogens with zero attached hydrogens (tertiary/aromatic N) is 3. The summed E-state index contributed by atoms with van der Waals surface area (Å²) in [6.45, 7) is 4.07. The molecule has 2 aromatic carbocycles. The van der Waals surface area contributed by atoms with Crippen LogP contribution in [0.25, 0.3) is 34.0 Å². The number of hydrogen-bond acceptors (Lipinski definition) is 8. The molecule has 0 spiro atoms. The molecule has 0 fully saturated rings. The average Bonchev–Trinajstić information content (AvgIpc) is 3.34. The Hall–Kier alpha value is -3.63. The van der Waals surface area contributed by atoms with Gasteiger partial charge in [0.05, 0.1) is 22.0 Å². The summed E-state index contributed by atoms with van der Waals surface area (Å²) in [6, 6.07) is 12.9. The summed E-state index contributed by atoms with van der Waals surface area (Å²) < 4.78 is 45.2. The van der Waals surface area contributed by atoms with Crippen molar-refractivity contribution < 1.29 is 17.3 Å². The molecule has 10 heteroatoms. The minimum Gasteiger partial charge on any atom is -0.382 e. The van der Waals surface area contributed by atoms with E-state index < -0.39 is 20.9 Å². The van der Waals surface area contributed by atoms with Gasteiger partial charge in [0, 0.05) is 23.7 Å². The number of benzene rings is 2. The molecule has 1 unspecified atom stereocenters. The van der Waals surface area contributed by atoms with E-state index >= 15 is 0 Å². The summed E-state index contributed by atoms with van der Waals surface area (Å²) in [5.41, 5.74) is 8.83. The Morgan fingerprint density at radius 1 is 1.11 bits per heavy atom. The highest BCUT2D eigenvalue weighted by atomic mass is 32.2. The third-order valence-corrected chi connectivity index (χ3v) is 8.14. The SMILES string of the molecule is CCC(C)S(=O)(=O)c1ccc(-c2cnc(N)c(-c3cc(-c4ccc(CNC)cc4F)no3)n2)cc1. The average molecular weight is 496 g/mol. The van der Waals surface area contributed by atoms with Crippen molar-refractivity contribution >= 4 is 15.7 Å². The van der Waals surface area contributed by atoms with Crippen molar-refractivity contribution in [3.63, 3.8) is 0 Å². The maximum atomic E-state index is 14.6. The number of anilines is 1. The first kappa shape index (κ1) is 24.5. The van der Waals surface area contributed by atoms with Gasteiger partial charge in [-0.15, -0.1) is 0 Å². The molecule has 0 aliphatic carbocycles. The number of nitrogens with two attached hydrogens (primary N) is 1. The first-order chi connectivity index (χ1) is 16.7. The van der Waals surface area contributed by atoms with Crippen LogP contribution in [0.2, 0.25) is 0 Å². The van der Waals surface area contributed by atoms with Crippen molar-refractivity contribution in [2.45, 2.75) is 37.0 Å². The van der Waals surface area contributed by atoms with Gasteiger partial charge < -0.3 is 15.6 Å². The molecule has 0 aliphatic heterocycles. The quantitative estimate of drug-likeness (QED) is 0.367. The Labute approximate surface area is 203 Å². The van der Waals surface area contributed by atoms with Gasteiger partial charge in [0.1, 0.15) is 11.5 Å². The maximum Gasteiger partial charge on any atom is 0.189 e. The number of hydrogen-bond donors (Lipinski definition) is 2. The van der Waals surface area contributed by atoms with Crippen molar-refractivity contribution in [3.05, 3.63) is 66.1 Å². The first-order valence-electron chi connectivity index (χ1n) is 11.1. The lowest BCUT2D eigenvalue weighted by Crippen LogP contribution is -2.16. The third-order valence-electron chi connectivity index (χ3n) is 5.82. The second-order valence-corrected chi connectivity index (χ2v) is 10.6. The van der Waals surface area contributed by atoms with Crippen LogP contribution in [0.1, 0.15) is 25.8 Å². The molecule has 0 radical (unpaired) electrons. The molecule has 0 saturated carbocycles. The summed E-state index contributed by atoms with van der Waals surface area (Å²) >= 11 is 0. The summed E-state index contributed by atoms with van der Waals surface area (Å²) in [6.07, 6.45) is 2.02. The summed E-state index contributed by atoms with van der Waals surface area (Å²) in [4.78, 5) is 9.01. The molecule has 0 bridgehead atoms. The predicted octanol–water partition coefficient (Wildman–Crippen LogP) is 4.48. The zero-order chi connectivity index (χ0) is 25.2. The number of halogens is 1. The third kappa shape index (κ3) is 4.94. The summed E-state index contributed by atoms with van der Waals surface area (Å²) in [5, 5.41) is 6.49. The molecule has 0 saturated heterocycles. The molecule has 3 N–H and O–H groups in total. The highest BCUT2D eigenvalue weighted by molar-refractivity contribution is 7.92. The van der Waals surface area contributed by atoms with Gasteiger partial charge in [-0.1, -0.05) is 30.3 Å². The van der Waals surface area contributed by atoms with Gasteiger partial charge >= 0.3 is 0 Å². The highest BCUT2D eigenvalue weighted by Gasteiger charge is 2.22. The summed E-state index contributed by atoms with van der Waals surface area (Å²) in [7, 11) is -1.60. The van der Waals surface area contributed by atoms with Gasteiger partial charge in [-0.25, -0.2) is 22.8 Å². The van der Waals surface area contributed by atoms with Crippen LogP contribution in [0.4, 0.5) is 10.2 Å². The van der Waals surface area contributed by atoms with E-state index in [1.807, 2.05) is 13.0 Å². The van der Waals surface area contributed by atoms with Crippen LogP contribution in [0.5, 0.6) is 0 Å². The molecule has 4 rings (SSSR count). The molecule has 0 amide bonds. The Balaban J connectivity index is 1.65. The van der Waals surface area contributed by atoms with Gasteiger partial charge in [-0.2, -0.15) is 0 Å². The van der Waals surface area contributed by atoms with E-state index in [-0.39, 0.29) is 22.2 Å². The van der Waals surface area contributed by atoms with E-state index in [9.17, 15) is 12.8 Å². The molecule has 0 aliphatic rings. The van der Waals surface area contributed by atoms with Crippen LogP contribution < -0.4 is 11.1 Å². The number of rotatable bonds is 8. The van der Waals surface area contributed by atoms with E-state index in [0.29, 0.717) is 35.5 Å². The molecule has 182 valence electrons. The van der Waals surface area contributed by atoms with Crippen molar-refractivity contribution in [1.82, 2.24) is 20.4 Å². The van der Waals surface area contributed by atoms with Crippen LogP contribution in [0.3, 0.4) is 0 Å². The Kier molecular flexibility index (Phi) is 6.95. The molecular weight excluding hydrogens is 469 g/mol. The fraction of sp³-hybridized carbons (Fsp3) is 0.240. The first-order valence-corrected chi connectivity index (χ1v) is 12.7. The largest absolute Gasteiger partial charge is 0.382 e.